The average Bonchev–Trinajstić information content (AvgIpc) is 2.58. The van der Waals surface area contributed by atoms with Crippen LogP contribution in [0.15, 0.2) is 0 Å². The van der Waals surface area contributed by atoms with Crippen molar-refractivity contribution in [2.24, 2.45) is 0 Å². The fourth-order valence-electron chi connectivity index (χ4n) is 4.22. The SMILES string of the molecule is CCCCCCCCCCC(C)(C)OC(C)(C)CCCCCCCCCC. The molecule has 0 aromatic carbocycles. The van der Waals surface area contributed by atoms with E-state index in [0.717, 1.165) is 0 Å². The van der Waals surface area contributed by atoms with E-state index in [9.17, 15) is 0 Å². The first-order valence-electron chi connectivity index (χ1n) is 12.5. The maximum absolute atomic E-state index is 6.54. The van der Waals surface area contributed by atoms with Crippen LogP contribution in [0.3, 0.4) is 0 Å². The van der Waals surface area contributed by atoms with E-state index in [1.165, 1.54) is 116 Å². The third-order valence-corrected chi connectivity index (χ3v) is 5.82. The van der Waals surface area contributed by atoms with Gasteiger partial charge in [-0.15, -0.1) is 0 Å². The molecule has 27 heavy (non-hydrogen) atoms. The van der Waals surface area contributed by atoms with Gasteiger partial charge in [0.05, 0.1) is 11.2 Å². The second kappa shape index (κ2) is 16.9. The molecule has 0 rings (SSSR count). The predicted octanol–water partition coefficient (Wildman–Crippen LogP) is 9.62. The molecule has 0 aliphatic carbocycles. The van der Waals surface area contributed by atoms with E-state index in [4.69, 9.17) is 4.74 Å². The van der Waals surface area contributed by atoms with Crippen LogP contribution in [0.1, 0.15) is 157 Å². The molecule has 0 atom stereocenters. The summed E-state index contributed by atoms with van der Waals surface area (Å²) in [6.07, 6.45) is 24.7. The second-order valence-corrected chi connectivity index (χ2v) is 10.1. The van der Waals surface area contributed by atoms with Crippen LogP contribution in [-0.4, -0.2) is 11.2 Å². The largest absolute Gasteiger partial charge is 0.370 e. The van der Waals surface area contributed by atoms with E-state index in [0.29, 0.717) is 0 Å². The molecular weight excluding hydrogens is 328 g/mol. The van der Waals surface area contributed by atoms with Gasteiger partial charge in [-0.3, -0.25) is 0 Å². The van der Waals surface area contributed by atoms with Crippen LogP contribution in [0.5, 0.6) is 0 Å². The van der Waals surface area contributed by atoms with Crippen molar-refractivity contribution in [1.29, 1.82) is 0 Å². The Bertz CT molecular complexity index is 275. The van der Waals surface area contributed by atoms with Crippen LogP contribution < -0.4 is 0 Å². The summed E-state index contributed by atoms with van der Waals surface area (Å²) in [5.41, 5.74) is 0.0394. The van der Waals surface area contributed by atoms with Gasteiger partial charge in [-0.25, -0.2) is 0 Å². The van der Waals surface area contributed by atoms with Crippen molar-refractivity contribution in [2.75, 3.05) is 0 Å². The number of hydrogen-bond donors (Lipinski definition) is 0. The van der Waals surface area contributed by atoms with E-state index in [2.05, 4.69) is 41.5 Å². The monoisotopic (exact) mass is 382 g/mol. The van der Waals surface area contributed by atoms with Gasteiger partial charge < -0.3 is 4.74 Å². The maximum Gasteiger partial charge on any atom is 0.0633 e. The highest BCUT2D eigenvalue weighted by molar-refractivity contribution is 4.77. The lowest BCUT2D eigenvalue weighted by atomic mass is 9.94. The summed E-state index contributed by atoms with van der Waals surface area (Å²) in [4.78, 5) is 0. The number of hydrogen-bond acceptors (Lipinski definition) is 1. The smallest absolute Gasteiger partial charge is 0.0633 e. The minimum Gasteiger partial charge on any atom is -0.370 e. The van der Waals surface area contributed by atoms with Crippen molar-refractivity contribution in [1.82, 2.24) is 0 Å². The average molecular weight is 383 g/mol. The van der Waals surface area contributed by atoms with Crippen LogP contribution in [0.4, 0.5) is 0 Å². The third-order valence-electron chi connectivity index (χ3n) is 5.82. The molecule has 164 valence electrons. The van der Waals surface area contributed by atoms with Gasteiger partial charge in [0.15, 0.2) is 0 Å². The summed E-state index contributed by atoms with van der Waals surface area (Å²) in [6.45, 7) is 13.8. The van der Waals surface area contributed by atoms with Crippen molar-refractivity contribution in [3.05, 3.63) is 0 Å². The Hall–Kier alpha value is -0.0400. The molecule has 0 amide bonds. The molecule has 0 bridgehead atoms. The Balaban J connectivity index is 3.73. The van der Waals surface area contributed by atoms with Crippen LogP contribution in [-0.2, 0) is 4.74 Å². The quantitative estimate of drug-likeness (QED) is 0.190. The summed E-state index contributed by atoms with van der Waals surface area (Å²) in [6, 6.07) is 0. The second-order valence-electron chi connectivity index (χ2n) is 10.1. The highest BCUT2D eigenvalue weighted by atomic mass is 16.5. The topological polar surface area (TPSA) is 9.23 Å². The molecule has 0 saturated carbocycles. The van der Waals surface area contributed by atoms with E-state index in [-0.39, 0.29) is 11.2 Å². The molecule has 0 radical (unpaired) electrons. The van der Waals surface area contributed by atoms with Gasteiger partial charge in [-0.1, -0.05) is 117 Å². The van der Waals surface area contributed by atoms with Crippen LogP contribution in [0, 0.1) is 0 Å². The Morgan fingerprint density at radius 2 is 0.667 bits per heavy atom. The molecule has 0 saturated heterocycles. The van der Waals surface area contributed by atoms with Gasteiger partial charge in [0.2, 0.25) is 0 Å². The van der Waals surface area contributed by atoms with Gasteiger partial charge in [-0.2, -0.15) is 0 Å². The van der Waals surface area contributed by atoms with Crippen LogP contribution >= 0.6 is 0 Å². The van der Waals surface area contributed by atoms with Crippen LogP contribution in [0.2, 0.25) is 0 Å². The minimum absolute atomic E-state index is 0.0197. The van der Waals surface area contributed by atoms with Crippen molar-refractivity contribution in [2.45, 2.75) is 168 Å². The minimum atomic E-state index is 0.0197. The zero-order valence-corrected chi connectivity index (χ0v) is 20.1. The van der Waals surface area contributed by atoms with Crippen molar-refractivity contribution in [3.63, 3.8) is 0 Å². The first-order valence-corrected chi connectivity index (χ1v) is 12.5. The fraction of sp³-hybridized carbons (Fsp3) is 1.00. The van der Waals surface area contributed by atoms with Gasteiger partial charge in [0.25, 0.3) is 0 Å². The van der Waals surface area contributed by atoms with Crippen molar-refractivity contribution < 1.29 is 4.74 Å². The fourth-order valence-corrected chi connectivity index (χ4v) is 4.22. The summed E-state index contributed by atoms with van der Waals surface area (Å²) < 4.78 is 6.54. The number of ether oxygens (including phenoxy) is 1. The summed E-state index contributed by atoms with van der Waals surface area (Å²) in [5, 5.41) is 0. The summed E-state index contributed by atoms with van der Waals surface area (Å²) in [7, 11) is 0. The Labute approximate surface area is 173 Å². The number of unbranched alkanes of at least 4 members (excludes halogenated alkanes) is 14. The molecule has 0 aliphatic heterocycles. The standard InChI is InChI=1S/C26H54O/c1-7-9-11-13-15-17-19-21-23-25(3,4)27-26(5,6)24-22-20-18-16-14-12-10-8-2/h7-24H2,1-6H3. The van der Waals surface area contributed by atoms with E-state index in [1.807, 2.05) is 0 Å². The molecular formula is C26H54O. The van der Waals surface area contributed by atoms with Crippen LogP contribution in [0.25, 0.3) is 0 Å². The lowest BCUT2D eigenvalue weighted by Crippen LogP contribution is -2.37. The van der Waals surface area contributed by atoms with Gasteiger partial charge in [-0.05, 0) is 40.5 Å². The van der Waals surface area contributed by atoms with E-state index >= 15 is 0 Å². The zero-order valence-electron chi connectivity index (χ0n) is 20.1. The highest BCUT2D eigenvalue weighted by Crippen LogP contribution is 2.29. The molecule has 0 heterocycles. The molecule has 0 spiro atoms. The maximum atomic E-state index is 6.54. The molecule has 0 aromatic heterocycles. The van der Waals surface area contributed by atoms with Crippen molar-refractivity contribution in [3.8, 4) is 0 Å². The molecule has 0 unspecified atom stereocenters. The van der Waals surface area contributed by atoms with Gasteiger partial charge in [0.1, 0.15) is 0 Å². The first kappa shape index (κ1) is 27.0. The molecule has 0 aromatic rings. The van der Waals surface area contributed by atoms with Gasteiger partial charge >= 0.3 is 0 Å². The molecule has 0 N–H and O–H groups in total. The van der Waals surface area contributed by atoms with Gasteiger partial charge in [0, 0.05) is 0 Å². The predicted molar refractivity (Wildman–Crippen MR) is 124 cm³/mol. The Morgan fingerprint density at radius 1 is 0.407 bits per heavy atom. The summed E-state index contributed by atoms with van der Waals surface area (Å²) in [5.74, 6) is 0. The third kappa shape index (κ3) is 19.1. The van der Waals surface area contributed by atoms with E-state index < -0.39 is 0 Å². The van der Waals surface area contributed by atoms with Crippen molar-refractivity contribution >= 4 is 0 Å². The first-order chi connectivity index (χ1) is 12.8. The molecule has 0 aliphatic rings. The lowest BCUT2D eigenvalue weighted by Gasteiger charge is -2.36. The van der Waals surface area contributed by atoms with E-state index in [1.54, 1.807) is 0 Å². The zero-order chi connectivity index (χ0) is 20.4. The Kier molecular flexibility index (Phi) is 16.8. The molecule has 1 nitrogen and oxygen atoms in total. The molecule has 0 fully saturated rings. The normalized spacial score (nSPS) is 12.7. The Morgan fingerprint density at radius 3 is 0.963 bits per heavy atom. The number of rotatable bonds is 20. The lowest BCUT2D eigenvalue weighted by molar-refractivity contribution is -0.130. The molecule has 1 heteroatoms. The highest BCUT2D eigenvalue weighted by Gasteiger charge is 2.28. The summed E-state index contributed by atoms with van der Waals surface area (Å²) >= 11 is 0.